The fraction of sp³-hybridized carbons (Fsp3) is 0.235. The summed E-state index contributed by atoms with van der Waals surface area (Å²) in [5, 5.41) is 0.249. The van der Waals surface area contributed by atoms with Crippen LogP contribution in [0.15, 0.2) is 42.5 Å². The van der Waals surface area contributed by atoms with Crippen LogP contribution in [0.3, 0.4) is 0 Å². The summed E-state index contributed by atoms with van der Waals surface area (Å²) in [6.07, 6.45) is 0.612. The number of benzene rings is 2. The van der Waals surface area contributed by atoms with Gasteiger partial charge in [0, 0.05) is 10.9 Å². The van der Waals surface area contributed by atoms with Gasteiger partial charge in [0.2, 0.25) is 0 Å². The molecule has 0 saturated heterocycles. The normalized spacial score (nSPS) is 13.7. The molecule has 0 spiro atoms. The van der Waals surface area contributed by atoms with E-state index in [2.05, 4.69) is 0 Å². The zero-order valence-corrected chi connectivity index (χ0v) is 13.4. The molecule has 0 heterocycles. The number of hydrogen-bond acceptors (Lipinski definition) is 2. The van der Waals surface area contributed by atoms with E-state index in [1.807, 2.05) is 26.0 Å². The third kappa shape index (κ3) is 2.85. The molecule has 3 nitrogen and oxygen atoms in total. The van der Waals surface area contributed by atoms with Gasteiger partial charge in [-0.3, -0.25) is 9.36 Å². The first kappa shape index (κ1) is 15.7. The number of carbonyl (C=O) groups excluding carboxylic acids is 1. The lowest BCUT2D eigenvalue weighted by Gasteiger charge is -2.16. The van der Waals surface area contributed by atoms with E-state index in [1.54, 1.807) is 37.3 Å². The fourth-order valence-corrected chi connectivity index (χ4v) is 4.06. The molecule has 21 heavy (non-hydrogen) atoms. The third-order valence-corrected chi connectivity index (χ3v) is 5.69. The summed E-state index contributed by atoms with van der Waals surface area (Å²) in [6.45, 7) is 5.59. The van der Waals surface area contributed by atoms with Crippen molar-refractivity contribution in [2.45, 2.75) is 27.2 Å². The van der Waals surface area contributed by atoms with Crippen molar-refractivity contribution in [1.82, 2.24) is 0 Å². The van der Waals surface area contributed by atoms with Crippen LogP contribution in [0.5, 0.6) is 0 Å². The lowest BCUT2D eigenvalue weighted by molar-refractivity contribution is 0.106. The van der Waals surface area contributed by atoms with Crippen molar-refractivity contribution in [3.05, 3.63) is 64.7 Å². The molecule has 0 aliphatic carbocycles. The molecule has 1 N–H and O–H groups in total. The molecule has 1 atom stereocenters. The Morgan fingerprint density at radius 3 is 2.43 bits per heavy atom. The molecular weight excluding hydrogens is 283 g/mol. The van der Waals surface area contributed by atoms with E-state index in [-0.39, 0.29) is 5.30 Å². The molecule has 2 aromatic rings. The zero-order valence-electron chi connectivity index (χ0n) is 12.5. The molecule has 0 aliphatic rings. The van der Waals surface area contributed by atoms with Crippen molar-refractivity contribution in [2.24, 2.45) is 0 Å². The largest absolute Gasteiger partial charge is 0.336 e. The lowest BCUT2D eigenvalue weighted by atomic mass is 10.0. The number of rotatable bonds is 4. The van der Waals surface area contributed by atoms with Gasteiger partial charge in [-0.05, 0) is 43.0 Å². The summed E-state index contributed by atoms with van der Waals surface area (Å²) >= 11 is 0. The molecule has 110 valence electrons. The highest BCUT2D eigenvalue weighted by molar-refractivity contribution is 7.82. The highest BCUT2D eigenvalue weighted by atomic mass is 31.2. The minimum atomic E-state index is -4.10. The van der Waals surface area contributed by atoms with Gasteiger partial charge in [-0.1, -0.05) is 43.3 Å². The average Bonchev–Trinajstić information content (AvgIpc) is 2.49. The predicted octanol–water partition coefficient (Wildman–Crippen LogP) is 3.60. The number of hydrogen-bond donors (Lipinski definition) is 1. The van der Waals surface area contributed by atoms with E-state index in [0.29, 0.717) is 12.0 Å². The quantitative estimate of drug-likeness (QED) is 0.878. The maximum Gasteiger partial charge on any atom is 0.298 e. The summed E-state index contributed by atoms with van der Waals surface area (Å²) in [4.78, 5) is 23.0. The molecule has 0 saturated carbocycles. The lowest BCUT2D eigenvalue weighted by Crippen LogP contribution is -2.17. The monoisotopic (exact) mass is 302 g/mol. The van der Waals surface area contributed by atoms with Crippen LogP contribution in [0.25, 0.3) is 0 Å². The van der Waals surface area contributed by atoms with Crippen LogP contribution in [-0.4, -0.2) is 10.4 Å². The van der Waals surface area contributed by atoms with Crippen LogP contribution < -0.4 is 5.30 Å². The molecular formula is C17H19O3P. The highest BCUT2D eigenvalue weighted by Gasteiger charge is 2.34. The van der Waals surface area contributed by atoms with Crippen molar-refractivity contribution in [2.75, 3.05) is 0 Å². The second kappa shape index (κ2) is 5.97. The molecule has 0 aromatic heterocycles. The fourth-order valence-electron chi connectivity index (χ4n) is 2.36. The predicted molar refractivity (Wildman–Crippen MR) is 85.5 cm³/mol. The van der Waals surface area contributed by atoms with Crippen LogP contribution in [0.4, 0.5) is 0 Å². The molecule has 0 aliphatic heterocycles. The van der Waals surface area contributed by atoms with Gasteiger partial charge >= 0.3 is 0 Å². The Bertz CT molecular complexity index is 735. The van der Waals surface area contributed by atoms with Gasteiger partial charge in [0.05, 0.1) is 0 Å². The van der Waals surface area contributed by atoms with Crippen molar-refractivity contribution < 1.29 is 14.3 Å². The minimum absolute atomic E-state index is 0.249. The van der Waals surface area contributed by atoms with Gasteiger partial charge in [0.1, 0.15) is 0 Å². The molecule has 0 radical (unpaired) electrons. The Hall–Kier alpha value is -1.70. The minimum Gasteiger partial charge on any atom is -0.336 e. The second-order valence-corrected chi connectivity index (χ2v) is 7.15. The molecule has 4 heteroatoms. The average molecular weight is 302 g/mol. The second-order valence-electron chi connectivity index (χ2n) is 5.11. The van der Waals surface area contributed by atoms with E-state index >= 15 is 0 Å². The summed E-state index contributed by atoms with van der Waals surface area (Å²) in [6, 6.07) is 12.1. The number of aryl methyl sites for hydroxylation is 2. The number of carbonyl (C=O) groups is 1. The van der Waals surface area contributed by atoms with Gasteiger partial charge in [0.15, 0.2) is 0 Å². The van der Waals surface area contributed by atoms with Crippen LogP contribution in [0.2, 0.25) is 0 Å². The molecule has 0 amide bonds. The first-order chi connectivity index (χ1) is 9.89. The van der Waals surface area contributed by atoms with Crippen molar-refractivity contribution in [1.29, 1.82) is 0 Å². The summed E-state index contributed by atoms with van der Waals surface area (Å²) < 4.78 is 12.8. The Kier molecular flexibility index (Phi) is 4.46. The SMILES string of the molecule is CCc1ccccc1P(=O)(O)C(=O)c1cccc(C)c1C. The standard InChI is InChI=1S/C17H19O3P/c1-4-14-9-5-6-11-16(14)21(19,20)17(18)15-10-7-8-12(2)13(15)3/h5-11H,4H2,1-3H3,(H,19,20). The Balaban J connectivity index is 2.56. The third-order valence-electron chi connectivity index (χ3n) is 3.81. The molecule has 0 fully saturated rings. The smallest absolute Gasteiger partial charge is 0.298 e. The molecule has 2 rings (SSSR count). The van der Waals surface area contributed by atoms with E-state index in [9.17, 15) is 14.3 Å². The van der Waals surface area contributed by atoms with Gasteiger partial charge < -0.3 is 4.89 Å². The van der Waals surface area contributed by atoms with E-state index in [1.165, 1.54) is 0 Å². The van der Waals surface area contributed by atoms with Crippen LogP contribution in [0, 0.1) is 13.8 Å². The molecule has 1 unspecified atom stereocenters. The maximum atomic E-state index is 12.8. The van der Waals surface area contributed by atoms with Gasteiger partial charge in [-0.2, -0.15) is 0 Å². The summed E-state index contributed by atoms with van der Waals surface area (Å²) in [7, 11) is -4.10. The topological polar surface area (TPSA) is 54.4 Å². The molecule has 2 aromatic carbocycles. The van der Waals surface area contributed by atoms with Crippen LogP contribution in [-0.2, 0) is 11.0 Å². The summed E-state index contributed by atoms with van der Waals surface area (Å²) in [5.41, 5.74) is 2.06. The zero-order chi connectivity index (χ0) is 15.6. The molecule has 0 bridgehead atoms. The van der Waals surface area contributed by atoms with Crippen LogP contribution in [0.1, 0.15) is 34.0 Å². The Morgan fingerprint density at radius 1 is 1.10 bits per heavy atom. The maximum absolute atomic E-state index is 12.8. The van der Waals surface area contributed by atoms with E-state index < -0.39 is 12.9 Å². The first-order valence-electron chi connectivity index (χ1n) is 6.92. The van der Waals surface area contributed by atoms with Crippen molar-refractivity contribution in [3.63, 3.8) is 0 Å². The van der Waals surface area contributed by atoms with E-state index in [0.717, 1.165) is 16.7 Å². The van der Waals surface area contributed by atoms with Gasteiger partial charge in [0.25, 0.3) is 12.9 Å². The van der Waals surface area contributed by atoms with Crippen LogP contribution >= 0.6 is 7.37 Å². The van der Waals surface area contributed by atoms with Crippen molar-refractivity contribution >= 4 is 18.2 Å². The highest BCUT2D eigenvalue weighted by Crippen LogP contribution is 2.45. The Labute approximate surface area is 125 Å². The first-order valence-corrected chi connectivity index (χ1v) is 8.58. The summed E-state index contributed by atoms with van der Waals surface area (Å²) in [5.74, 6) is 0. The van der Waals surface area contributed by atoms with Crippen molar-refractivity contribution in [3.8, 4) is 0 Å². The van der Waals surface area contributed by atoms with Gasteiger partial charge in [-0.15, -0.1) is 0 Å². The van der Waals surface area contributed by atoms with E-state index in [4.69, 9.17) is 0 Å². The Morgan fingerprint density at radius 2 is 1.76 bits per heavy atom. The van der Waals surface area contributed by atoms with Gasteiger partial charge in [-0.25, -0.2) is 0 Å².